The molecule has 0 aliphatic carbocycles. The normalized spacial score (nSPS) is 10.3. The molecule has 7 heteroatoms. The van der Waals surface area contributed by atoms with Crippen LogP contribution >= 0.6 is 0 Å². The minimum absolute atomic E-state index is 0.167. The molecule has 0 bridgehead atoms. The maximum absolute atomic E-state index is 10.3. The Balaban J connectivity index is -0.000000226. The van der Waals surface area contributed by atoms with Crippen LogP contribution in [0, 0.1) is 0 Å². The molecule has 6 nitrogen and oxygen atoms in total. The molecule has 0 spiro atoms. The van der Waals surface area contributed by atoms with Gasteiger partial charge in [0, 0.05) is 12.5 Å². The molecule has 346 valence electrons. The van der Waals surface area contributed by atoms with Crippen LogP contribution in [0.3, 0.4) is 0 Å². The number of unbranched alkanes of at least 4 members (excludes halogenated alkanes) is 38. The van der Waals surface area contributed by atoms with Crippen LogP contribution in [0.15, 0.2) is 0 Å². The minimum atomic E-state index is -0.655. The Hall–Kier alpha value is -0.716. The monoisotopic (exact) mass is 859 g/mol. The Labute approximate surface area is 375 Å². The summed E-state index contributed by atoms with van der Waals surface area (Å²) in [7, 11) is 0. The van der Waals surface area contributed by atoms with Gasteiger partial charge in [0.15, 0.2) is 0 Å². The molecule has 0 saturated carbocycles. The van der Waals surface area contributed by atoms with E-state index in [0.717, 1.165) is 46.1 Å². The van der Waals surface area contributed by atoms with Crippen molar-refractivity contribution >= 4 is 18.5 Å². The number of carboxylic acid groups (broad SMARTS) is 1. The van der Waals surface area contributed by atoms with Crippen LogP contribution in [0.5, 0.6) is 0 Å². The van der Waals surface area contributed by atoms with Crippen molar-refractivity contribution in [2.75, 3.05) is 0 Å². The zero-order chi connectivity index (χ0) is 44.3. The predicted octanol–water partition coefficient (Wildman–Crippen LogP) is 17.0. The standard InChI is InChI=1S/C16H32O2.2C16H31O.C3H8O.O.Ti/c1-2-3-4-5-6-7-8-9-10-11-12-13-14-15-16(17)18;2*1-2-3-4-5-6-7-8-9-10-11-12-13-14-15-16-17;1-3(2)4;;/h2-15H2,1H3,(H,17,18);2*2-15H2,1H3;3-4H,1-2H3;;/q;2*-1;;;+2. The molecule has 0 saturated heterocycles. The molecule has 0 aliphatic heterocycles. The Morgan fingerprint density at radius 3 is 0.690 bits per heavy atom. The van der Waals surface area contributed by atoms with E-state index in [9.17, 15) is 14.4 Å². The summed E-state index contributed by atoms with van der Waals surface area (Å²) in [5, 5.41) is 16.5. The molecule has 58 heavy (non-hydrogen) atoms. The average molecular weight is 859 g/mol. The van der Waals surface area contributed by atoms with Crippen molar-refractivity contribution in [2.24, 2.45) is 0 Å². The van der Waals surface area contributed by atoms with E-state index in [2.05, 4.69) is 20.8 Å². The van der Waals surface area contributed by atoms with Crippen molar-refractivity contribution in [3.8, 4) is 0 Å². The molecule has 0 aromatic heterocycles. The summed E-state index contributed by atoms with van der Waals surface area (Å²) in [4.78, 5) is 30.3. The van der Waals surface area contributed by atoms with Crippen molar-refractivity contribution in [1.29, 1.82) is 0 Å². The van der Waals surface area contributed by atoms with Crippen LogP contribution in [0.4, 0.5) is 0 Å². The first-order valence-electron chi connectivity index (χ1n) is 25.1. The van der Waals surface area contributed by atoms with E-state index in [1.807, 2.05) is 12.6 Å². The van der Waals surface area contributed by atoms with E-state index in [1.54, 1.807) is 13.8 Å². The Kier molecular flexibility index (Phi) is 81.1. The van der Waals surface area contributed by atoms with Gasteiger partial charge in [-0.15, -0.1) is 0 Å². The van der Waals surface area contributed by atoms with Gasteiger partial charge in [-0.1, -0.05) is 265 Å². The van der Waals surface area contributed by atoms with Crippen LogP contribution in [-0.2, 0) is 38.1 Å². The topological polar surface area (TPSA) is 109 Å². The number of carbonyl (C=O) groups excluding carboxylic acids is 2. The van der Waals surface area contributed by atoms with E-state index >= 15 is 0 Å². The van der Waals surface area contributed by atoms with Crippen molar-refractivity contribution in [3.63, 3.8) is 0 Å². The Bertz CT molecular complexity index is 668. The molecule has 0 atom stereocenters. The molecule has 0 aliphatic rings. The van der Waals surface area contributed by atoms with Gasteiger partial charge >= 0.3 is 29.7 Å². The molecule has 0 fully saturated rings. The Morgan fingerprint density at radius 1 is 0.379 bits per heavy atom. The van der Waals surface area contributed by atoms with Crippen molar-refractivity contribution in [1.82, 2.24) is 0 Å². The van der Waals surface area contributed by atoms with E-state index < -0.39 is 5.97 Å². The van der Waals surface area contributed by atoms with Gasteiger partial charge in [0.2, 0.25) is 0 Å². The molecular formula is C51H102O6Ti. The summed E-state index contributed by atoms with van der Waals surface area (Å²) in [6, 6.07) is 0. The van der Waals surface area contributed by atoms with Gasteiger partial charge in [0.1, 0.15) is 0 Å². The SMILES string of the molecule is CC(C)O.CCCCCCCCCCCCCCCC(=O)O.CCCCCCCCCCCCCCC[C-]=O.CCCCCCCCCCCCCCC[C-]=O.[O]=[Ti+2]. The van der Waals surface area contributed by atoms with Crippen LogP contribution < -0.4 is 0 Å². The van der Waals surface area contributed by atoms with E-state index in [-0.39, 0.29) is 6.10 Å². The molecule has 0 heterocycles. The quantitative estimate of drug-likeness (QED) is 0.0359. The number of aliphatic hydroxyl groups excluding tert-OH is 1. The number of rotatable bonds is 42. The second kappa shape index (κ2) is 70.8. The summed E-state index contributed by atoms with van der Waals surface area (Å²) in [6.45, 7) is 10.2. The molecule has 0 aromatic carbocycles. The number of carboxylic acids is 1. The predicted molar refractivity (Wildman–Crippen MR) is 248 cm³/mol. The molecule has 0 radical (unpaired) electrons. The fraction of sp³-hybridized carbons (Fsp3) is 0.941. The first-order chi connectivity index (χ1) is 28.3. The number of carbonyl (C=O) groups is 1. The summed E-state index contributed by atoms with van der Waals surface area (Å²) < 4.78 is 8.25. The van der Waals surface area contributed by atoms with Crippen LogP contribution in [0.2, 0.25) is 0 Å². The van der Waals surface area contributed by atoms with Gasteiger partial charge in [-0.3, -0.25) is 17.4 Å². The molecule has 0 amide bonds. The zero-order valence-corrected chi connectivity index (χ0v) is 41.4. The fourth-order valence-corrected chi connectivity index (χ4v) is 6.72. The number of aliphatic hydroxyl groups is 1. The average Bonchev–Trinajstić information content (AvgIpc) is 3.21. The summed E-state index contributed by atoms with van der Waals surface area (Å²) in [5.74, 6) is -0.655. The Morgan fingerprint density at radius 2 is 0.534 bits per heavy atom. The fourth-order valence-electron chi connectivity index (χ4n) is 6.72. The van der Waals surface area contributed by atoms with Gasteiger partial charge in [-0.05, 0) is 20.3 Å². The van der Waals surface area contributed by atoms with Gasteiger partial charge in [-0.2, -0.15) is 12.8 Å². The summed E-state index contributed by atoms with van der Waals surface area (Å²) in [6.07, 6.45) is 57.6. The molecule has 0 aromatic rings. The third kappa shape index (κ3) is 91.1. The zero-order valence-electron chi connectivity index (χ0n) is 39.8. The molecule has 0 unspecified atom stereocenters. The molecular weight excluding hydrogens is 756 g/mol. The first kappa shape index (κ1) is 66.4. The van der Waals surface area contributed by atoms with Gasteiger partial charge in [0.05, 0.1) is 0 Å². The number of hydrogen-bond donors (Lipinski definition) is 2. The summed E-state index contributed by atoms with van der Waals surface area (Å²) >= 11 is 0.750. The first-order valence-corrected chi connectivity index (χ1v) is 25.8. The second-order valence-electron chi connectivity index (χ2n) is 16.8. The van der Waals surface area contributed by atoms with Crippen LogP contribution in [0.25, 0.3) is 0 Å². The van der Waals surface area contributed by atoms with Gasteiger partial charge in [-0.25, -0.2) is 0 Å². The molecule has 2 N–H and O–H groups in total. The summed E-state index contributed by atoms with van der Waals surface area (Å²) in [5.41, 5.74) is 0. The second-order valence-corrected chi connectivity index (χ2v) is 16.8. The van der Waals surface area contributed by atoms with Gasteiger partial charge in [0.25, 0.3) is 0 Å². The van der Waals surface area contributed by atoms with Gasteiger partial charge < -0.3 is 19.8 Å². The maximum atomic E-state index is 10.3. The van der Waals surface area contributed by atoms with Crippen molar-refractivity contribution < 1.29 is 48.3 Å². The number of aliphatic carboxylic acids is 1. The van der Waals surface area contributed by atoms with Crippen LogP contribution in [0.1, 0.15) is 304 Å². The van der Waals surface area contributed by atoms with Crippen molar-refractivity contribution in [3.05, 3.63) is 0 Å². The molecule has 0 rings (SSSR count). The van der Waals surface area contributed by atoms with E-state index in [0.29, 0.717) is 19.3 Å². The van der Waals surface area contributed by atoms with Crippen molar-refractivity contribution in [2.45, 2.75) is 310 Å². The number of hydrogen-bond acceptors (Lipinski definition) is 5. The van der Waals surface area contributed by atoms with E-state index in [1.165, 1.54) is 225 Å². The third-order valence-electron chi connectivity index (χ3n) is 10.3. The van der Waals surface area contributed by atoms with Crippen LogP contribution in [-0.4, -0.2) is 34.9 Å². The van der Waals surface area contributed by atoms with E-state index in [4.69, 9.17) is 13.5 Å². The third-order valence-corrected chi connectivity index (χ3v) is 10.3.